The summed E-state index contributed by atoms with van der Waals surface area (Å²) in [6, 6.07) is 57.8. The molecule has 8 aromatic rings. The highest BCUT2D eigenvalue weighted by atomic mass is 32.2. The third kappa shape index (κ3) is 22.0. The van der Waals surface area contributed by atoms with Crippen LogP contribution >= 0.6 is 71.9 Å². The van der Waals surface area contributed by atoms with Gasteiger partial charge in [-0.3, -0.25) is 0 Å². The highest BCUT2D eigenvalue weighted by Crippen LogP contribution is 2.40. The Bertz CT molecular complexity index is 4210. The summed E-state index contributed by atoms with van der Waals surface area (Å²) in [6.07, 6.45) is 0.0638. The first-order chi connectivity index (χ1) is 51.0. The van der Waals surface area contributed by atoms with Crippen LogP contribution in [0.3, 0.4) is 0 Å². The molecule has 106 heavy (non-hydrogen) atoms. The van der Waals surface area contributed by atoms with Crippen LogP contribution in [0.1, 0.15) is 97.2 Å². The molecule has 6 fully saturated rings. The summed E-state index contributed by atoms with van der Waals surface area (Å²) in [5.41, 5.74) is 13.5. The molecule has 6 heterocycles. The molecule has 6 saturated heterocycles. The Kier molecular flexibility index (Phi) is 26.5. The van der Waals surface area contributed by atoms with Crippen LogP contribution in [0, 0.1) is 27.7 Å². The van der Waals surface area contributed by atoms with Gasteiger partial charge in [-0.25, -0.2) is 0 Å². The van der Waals surface area contributed by atoms with Gasteiger partial charge in [0.15, 0.2) is 0 Å². The predicted molar refractivity (Wildman–Crippen MR) is 435 cm³/mol. The van der Waals surface area contributed by atoms with Crippen LogP contribution < -0.4 is 37.9 Å². The Hall–Kier alpha value is -7.28. The van der Waals surface area contributed by atoms with Crippen molar-refractivity contribution in [3.8, 4) is 57.1 Å². The number of rotatable bonds is 31. The molecule has 0 aromatic heterocycles. The third-order valence-electron chi connectivity index (χ3n) is 19.3. The molecule has 7 atom stereocenters. The number of aliphatic hydroxyl groups is 1. The van der Waals surface area contributed by atoms with E-state index >= 15 is 0 Å². The maximum Gasteiger partial charge on any atom is 0.220 e. The minimum Gasteiger partial charge on any atom is -0.491 e. The van der Waals surface area contributed by atoms with Gasteiger partial charge in [0.05, 0.1) is 19.8 Å². The molecular formula is C85H94O15S6. The Morgan fingerprint density at radius 1 is 0.340 bits per heavy atom. The van der Waals surface area contributed by atoms with Gasteiger partial charge in [0.25, 0.3) is 0 Å². The van der Waals surface area contributed by atoms with Crippen LogP contribution in [0.25, 0.3) is 11.1 Å². The first-order valence-corrected chi connectivity index (χ1v) is 40.1. The Morgan fingerprint density at radius 3 is 0.764 bits per heavy atom. The van der Waals surface area contributed by atoms with E-state index < -0.39 is 6.10 Å². The van der Waals surface area contributed by atoms with Gasteiger partial charge >= 0.3 is 0 Å². The largest absolute Gasteiger partial charge is 0.491 e. The monoisotopic (exact) mass is 1550 g/mol. The normalized spacial score (nSPS) is 19.6. The number of hydrogen-bond donors (Lipinski definition) is 1. The fourth-order valence-corrected chi connectivity index (χ4v) is 15.5. The first-order valence-electron chi connectivity index (χ1n) is 35.9. The molecule has 1 N–H and O–H groups in total. The van der Waals surface area contributed by atoms with E-state index in [4.69, 9.17) is 103 Å². The number of aliphatic hydroxyl groups excluding tert-OH is 1. The number of epoxide rings is 3. The number of thiocarbonyl (C=S) groups is 3. The molecule has 6 aliphatic heterocycles. The maximum absolute atomic E-state index is 10.6. The lowest BCUT2D eigenvalue weighted by atomic mass is 9.78. The molecule has 6 aliphatic rings. The van der Waals surface area contributed by atoms with E-state index in [-0.39, 0.29) is 66.1 Å². The molecule has 0 bridgehead atoms. The molecule has 21 heteroatoms. The van der Waals surface area contributed by atoms with Crippen molar-refractivity contribution in [3.05, 3.63) is 225 Å². The summed E-state index contributed by atoms with van der Waals surface area (Å²) in [4.78, 5) is 0. The summed E-state index contributed by atoms with van der Waals surface area (Å²) in [6.45, 7) is 27.6. The number of benzene rings is 8. The number of hydrogen-bond acceptors (Lipinski definition) is 21. The minimum atomic E-state index is -0.782. The van der Waals surface area contributed by atoms with E-state index in [9.17, 15) is 5.11 Å². The van der Waals surface area contributed by atoms with Crippen molar-refractivity contribution in [3.63, 3.8) is 0 Å². The van der Waals surface area contributed by atoms with Crippen LogP contribution in [0.2, 0.25) is 0 Å². The van der Waals surface area contributed by atoms with Gasteiger partial charge in [0, 0.05) is 33.5 Å². The smallest absolute Gasteiger partial charge is 0.220 e. The van der Waals surface area contributed by atoms with Gasteiger partial charge in [0.2, 0.25) is 13.1 Å². The highest BCUT2D eigenvalue weighted by Gasteiger charge is 2.31. The third-order valence-corrected chi connectivity index (χ3v) is 23.3. The number of aryl methyl sites for hydroxylation is 4. The Morgan fingerprint density at radius 2 is 0.547 bits per heavy atom. The minimum absolute atomic E-state index is 0.00266. The average Bonchev–Trinajstić information content (AvgIpc) is 1.27. The SMILES string of the molecule is CC(C)(c1ccc(OCC(O)COc2ccc(C(C)(C)c3ccc(OCC4CSC(=S)O4)cc3)cc2)cc1)c1ccc(OCC2CO2)cc1.CC(C)(c1ccc(OCC2CO2)cc1)c1ccc(OCC2CSC(=S)O2)cc1.Cc1cc(-c2cc(C)c(OCC3CSC(=S)O3)c(C)c2)cc(C)c1OCC1CO1. The molecule has 0 saturated carbocycles. The van der Waals surface area contributed by atoms with Gasteiger partial charge in [-0.1, -0.05) is 150 Å². The molecule has 7 unspecified atom stereocenters. The lowest BCUT2D eigenvalue weighted by molar-refractivity contribution is 0.0626. The van der Waals surface area contributed by atoms with Crippen molar-refractivity contribution in [2.75, 3.05) is 89.9 Å². The van der Waals surface area contributed by atoms with Crippen LogP contribution in [-0.2, 0) is 44.7 Å². The van der Waals surface area contributed by atoms with Crippen LogP contribution in [-0.4, -0.2) is 151 Å². The lowest BCUT2D eigenvalue weighted by Gasteiger charge is -2.27. The Labute approximate surface area is 652 Å². The molecule has 8 aromatic carbocycles. The van der Waals surface area contributed by atoms with E-state index in [2.05, 4.69) is 166 Å². The summed E-state index contributed by atoms with van der Waals surface area (Å²) < 4.78 is 81.2. The van der Waals surface area contributed by atoms with E-state index in [1.54, 1.807) is 35.3 Å². The van der Waals surface area contributed by atoms with Gasteiger partial charge in [-0.15, -0.1) is 0 Å². The second-order valence-electron chi connectivity index (χ2n) is 28.8. The average molecular weight is 1550 g/mol. The van der Waals surface area contributed by atoms with Crippen molar-refractivity contribution in [1.29, 1.82) is 0 Å². The van der Waals surface area contributed by atoms with Gasteiger partial charge in [0.1, 0.15) is 142 Å². The summed E-state index contributed by atoms with van der Waals surface area (Å²) in [7, 11) is 0. The standard InChI is InChI=1S/C40H44O7S2.C23H26O4S2.C22H24O4S2/c1-39(2,29-9-17-34(18-10-29)44-23-36-24-46-36)27-5-13-32(14-6-27)42-21-31(41)22-43-33-15-7-28(8-16-33)40(3,4)30-11-19-35(20-12-30)45-25-37-26-49-38(48)47-37;1-13-5-17(6-14(2)21(13)25-10-19-9-24-19)18-7-15(3)22(16(4)8-18)26-11-20-12-29-23(28)27-20;1-22(2,15-3-7-17(8-4-15)23-11-19-12-25-19)16-5-9-18(10-6-16)24-13-20-14-28-21(27)26-20/h5-20,31,36-37,41H,21-26H2,1-4H3;5-8,19-20H,9-12H2,1-4H3;3-10,19-20H,11-14H2,1-2H3. The maximum atomic E-state index is 10.6. The zero-order chi connectivity index (χ0) is 74.5. The van der Waals surface area contributed by atoms with E-state index in [0.717, 1.165) is 105 Å². The molecule has 15 nitrogen and oxygen atoms in total. The second-order valence-corrected chi connectivity index (χ2v) is 33.7. The molecule has 0 spiro atoms. The summed E-state index contributed by atoms with van der Waals surface area (Å²) >= 11 is 19.9. The molecule has 560 valence electrons. The molecule has 0 aliphatic carbocycles. The summed E-state index contributed by atoms with van der Waals surface area (Å²) in [5, 5.41) is 10.6. The number of thioether (sulfide) groups is 3. The molecule has 0 radical (unpaired) electrons. The van der Waals surface area contributed by atoms with E-state index in [1.165, 1.54) is 33.4 Å². The van der Waals surface area contributed by atoms with Gasteiger partial charge in [-0.2, -0.15) is 0 Å². The quantitative estimate of drug-likeness (QED) is 0.0323. The predicted octanol–water partition coefficient (Wildman–Crippen LogP) is 17.5. The lowest BCUT2D eigenvalue weighted by Crippen LogP contribution is -2.25. The van der Waals surface area contributed by atoms with Crippen molar-refractivity contribution in [2.45, 2.75) is 128 Å². The fraction of sp³-hybridized carbons (Fsp3) is 0.400. The topological polar surface area (TPSA) is 159 Å². The molecule has 0 amide bonds. The fourth-order valence-electron chi connectivity index (χ4n) is 12.4. The zero-order valence-electron chi connectivity index (χ0n) is 61.7. The van der Waals surface area contributed by atoms with Crippen LogP contribution in [0.15, 0.2) is 170 Å². The van der Waals surface area contributed by atoms with Crippen molar-refractivity contribution in [1.82, 2.24) is 0 Å². The Balaban J connectivity index is 0.000000158. The first kappa shape index (κ1) is 78.3. The zero-order valence-corrected chi connectivity index (χ0v) is 66.6. The number of ether oxygens (including phenoxy) is 14. The second kappa shape index (κ2) is 35.8. The van der Waals surface area contributed by atoms with Crippen molar-refractivity contribution >= 4 is 85.1 Å². The highest BCUT2D eigenvalue weighted by molar-refractivity contribution is 8.23. The van der Waals surface area contributed by atoms with E-state index in [0.29, 0.717) is 64.3 Å². The van der Waals surface area contributed by atoms with Gasteiger partial charge in [-0.05, 0) is 228 Å². The van der Waals surface area contributed by atoms with Gasteiger partial charge < -0.3 is 71.4 Å². The van der Waals surface area contributed by atoms with Crippen LogP contribution in [0.4, 0.5) is 0 Å². The van der Waals surface area contributed by atoms with Crippen molar-refractivity contribution < 1.29 is 71.4 Å². The van der Waals surface area contributed by atoms with Crippen LogP contribution in [0.5, 0.6) is 46.0 Å². The molecule has 14 rings (SSSR count). The summed E-state index contributed by atoms with van der Waals surface area (Å²) in [5.74, 6) is 9.21. The molecular weight excluding hydrogens is 1450 g/mol. The van der Waals surface area contributed by atoms with Crippen molar-refractivity contribution in [2.24, 2.45) is 0 Å². The van der Waals surface area contributed by atoms with E-state index in [1.807, 2.05) is 72.8 Å².